The Labute approximate surface area is 152 Å². The number of piperazine rings is 1. The van der Waals surface area contributed by atoms with E-state index in [0.717, 1.165) is 43.2 Å². The van der Waals surface area contributed by atoms with Gasteiger partial charge < -0.3 is 15.1 Å². The molecule has 0 aromatic heterocycles. The summed E-state index contributed by atoms with van der Waals surface area (Å²) in [5.41, 5.74) is 3.11. The molecule has 0 atom stereocenters. The number of hydrogen-bond donors (Lipinski definition) is 1. The zero-order chi connectivity index (χ0) is 17.8. The second-order valence-electron chi connectivity index (χ2n) is 7.68. The summed E-state index contributed by atoms with van der Waals surface area (Å²) in [5, 5.41) is 3.45. The van der Waals surface area contributed by atoms with Crippen LogP contribution in [0.3, 0.4) is 0 Å². The largest absolute Gasteiger partial charge is 0.369 e. The fourth-order valence-electron chi connectivity index (χ4n) is 3.94. The van der Waals surface area contributed by atoms with Gasteiger partial charge in [-0.05, 0) is 62.5 Å². The highest BCUT2D eigenvalue weighted by molar-refractivity contribution is 5.95. The van der Waals surface area contributed by atoms with Crippen LogP contribution in [0.5, 0.6) is 0 Å². The summed E-state index contributed by atoms with van der Waals surface area (Å²) in [4.78, 5) is 18.9. The molecule has 1 aromatic rings. The Balaban J connectivity index is 1.55. The third-order valence-electron chi connectivity index (χ3n) is 5.56. The van der Waals surface area contributed by atoms with Crippen LogP contribution in [0.4, 0.5) is 5.69 Å². The molecule has 138 valence electrons. The van der Waals surface area contributed by atoms with Crippen molar-refractivity contribution in [2.24, 2.45) is 5.92 Å². The average molecular weight is 345 g/mol. The van der Waals surface area contributed by atoms with Gasteiger partial charge in [-0.2, -0.15) is 0 Å². The molecule has 1 N–H and O–H groups in total. The van der Waals surface area contributed by atoms with E-state index in [9.17, 15) is 4.79 Å². The molecule has 3 rings (SSSR count). The van der Waals surface area contributed by atoms with Crippen molar-refractivity contribution in [3.63, 3.8) is 0 Å². The molecule has 5 heteroatoms. The lowest BCUT2D eigenvalue weighted by atomic mass is 9.97. The summed E-state index contributed by atoms with van der Waals surface area (Å²) in [7, 11) is 3.61. The number of nitrogens with zero attached hydrogens (tertiary/aromatic N) is 3. The number of rotatable bonds is 4. The highest BCUT2D eigenvalue weighted by Gasteiger charge is 2.22. The Morgan fingerprint density at radius 1 is 1.16 bits per heavy atom. The van der Waals surface area contributed by atoms with Gasteiger partial charge in [0.05, 0.1) is 0 Å². The summed E-state index contributed by atoms with van der Waals surface area (Å²) in [5.74, 6) is 0.946. The third kappa shape index (κ3) is 4.53. The molecule has 0 bridgehead atoms. The van der Waals surface area contributed by atoms with Gasteiger partial charge in [0.2, 0.25) is 0 Å². The van der Waals surface area contributed by atoms with Crippen LogP contribution in [-0.2, 0) is 0 Å². The lowest BCUT2D eigenvalue weighted by Gasteiger charge is -2.38. The summed E-state index contributed by atoms with van der Waals surface area (Å²) in [6.07, 6.45) is 2.64. The maximum atomic E-state index is 12.2. The zero-order valence-corrected chi connectivity index (χ0v) is 15.9. The van der Waals surface area contributed by atoms with E-state index in [1.807, 2.05) is 13.0 Å². The monoisotopic (exact) mass is 344 g/mol. The molecule has 2 heterocycles. The molecule has 5 nitrogen and oxygen atoms in total. The number of anilines is 1. The van der Waals surface area contributed by atoms with E-state index in [-0.39, 0.29) is 5.91 Å². The van der Waals surface area contributed by atoms with Crippen LogP contribution in [0.15, 0.2) is 18.2 Å². The van der Waals surface area contributed by atoms with Crippen molar-refractivity contribution in [3.05, 3.63) is 29.3 Å². The van der Waals surface area contributed by atoms with Crippen LogP contribution in [0.25, 0.3) is 0 Å². The molecule has 2 fully saturated rings. The SMILES string of the molecule is Cc1cc(N2CCN(CC3CCNCC3)CC2)ccc1C(=O)N(C)C. The van der Waals surface area contributed by atoms with Crippen molar-refractivity contribution < 1.29 is 4.79 Å². The van der Waals surface area contributed by atoms with Crippen molar-refractivity contribution in [3.8, 4) is 0 Å². The molecule has 2 aliphatic rings. The minimum atomic E-state index is 0.0795. The molecule has 1 aromatic carbocycles. The lowest BCUT2D eigenvalue weighted by molar-refractivity contribution is 0.0827. The highest BCUT2D eigenvalue weighted by Crippen LogP contribution is 2.22. The summed E-state index contributed by atoms with van der Waals surface area (Å²) >= 11 is 0. The predicted octanol–water partition coefficient (Wildman–Crippen LogP) is 1.82. The number of amides is 1. The number of carbonyl (C=O) groups excluding carboxylic acids is 1. The standard InChI is InChI=1S/C20H32N4O/c1-16-14-18(4-5-19(16)20(25)22(2)3)24-12-10-23(11-13-24)15-17-6-8-21-9-7-17/h4-5,14,17,21H,6-13,15H2,1-3H3. The summed E-state index contributed by atoms with van der Waals surface area (Å²) in [6, 6.07) is 6.25. The maximum absolute atomic E-state index is 12.2. The first-order valence-electron chi connectivity index (χ1n) is 9.55. The first-order chi connectivity index (χ1) is 12.0. The van der Waals surface area contributed by atoms with E-state index >= 15 is 0 Å². The maximum Gasteiger partial charge on any atom is 0.253 e. The molecule has 0 radical (unpaired) electrons. The van der Waals surface area contributed by atoms with Gasteiger partial charge >= 0.3 is 0 Å². The Morgan fingerprint density at radius 2 is 1.84 bits per heavy atom. The Bertz CT molecular complexity index is 587. The van der Waals surface area contributed by atoms with Gasteiger partial charge in [-0.3, -0.25) is 9.69 Å². The molecule has 25 heavy (non-hydrogen) atoms. The van der Waals surface area contributed by atoms with Crippen LogP contribution >= 0.6 is 0 Å². The Hall–Kier alpha value is -1.59. The molecule has 2 saturated heterocycles. The summed E-state index contributed by atoms with van der Waals surface area (Å²) < 4.78 is 0. The third-order valence-corrected chi connectivity index (χ3v) is 5.56. The van der Waals surface area contributed by atoms with E-state index in [2.05, 4.69) is 27.2 Å². The van der Waals surface area contributed by atoms with E-state index in [1.165, 1.54) is 38.2 Å². The van der Waals surface area contributed by atoms with Gasteiger partial charge in [-0.1, -0.05) is 0 Å². The van der Waals surface area contributed by atoms with Crippen LogP contribution in [-0.4, -0.2) is 75.6 Å². The Morgan fingerprint density at radius 3 is 2.44 bits per heavy atom. The van der Waals surface area contributed by atoms with Crippen LogP contribution in [0.1, 0.15) is 28.8 Å². The molecule has 0 unspecified atom stereocenters. The molecule has 0 aliphatic carbocycles. The van der Waals surface area contributed by atoms with Gasteiger partial charge in [0.15, 0.2) is 0 Å². The normalized spacial score (nSPS) is 19.9. The smallest absolute Gasteiger partial charge is 0.253 e. The van der Waals surface area contributed by atoms with Crippen LogP contribution in [0, 0.1) is 12.8 Å². The van der Waals surface area contributed by atoms with Crippen molar-refractivity contribution in [2.75, 3.05) is 64.8 Å². The minimum Gasteiger partial charge on any atom is -0.369 e. The van der Waals surface area contributed by atoms with E-state index < -0.39 is 0 Å². The highest BCUT2D eigenvalue weighted by atomic mass is 16.2. The van der Waals surface area contributed by atoms with Crippen LogP contribution in [0.2, 0.25) is 0 Å². The minimum absolute atomic E-state index is 0.0795. The van der Waals surface area contributed by atoms with Crippen molar-refractivity contribution in [2.45, 2.75) is 19.8 Å². The first kappa shape index (κ1) is 18.2. The number of aryl methyl sites for hydroxylation is 1. The van der Waals surface area contributed by atoms with Crippen molar-refractivity contribution >= 4 is 11.6 Å². The lowest BCUT2D eigenvalue weighted by Crippen LogP contribution is -2.48. The fraction of sp³-hybridized carbons (Fsp3) is 0.650. The quantitative estimate of drug-likeness (QED) is 0.904. The second-order valence-corrected chi connectivity index (χ2v) is 7.68. The van der Waals surface area contributed by atoms with Crippen LogP contribution < -0.4 is 10.2 Å². The molecule has 1 amide bonds. The second kappa shape index (κ2) is 8.19. The fourth-order valence-corrected chi connectivity index (χ4v) is 3.94. The first-order valence-corrected chi connectivity index (χ1v) is 9.55. The predicted molar refractivity (Wildman–Crippen MR) is 103 cm³/mol. The van der Waals surface area contributed by atoms with Gasteiger partial charge in [0.25, 0.3) is 5.91 Å². The number of carbonyl (C=O) groups is 1. The number of piperidine rings is 1. The molecule has 2 aliphatic heterocycles. The van der Waals surface area contributed by atoms with E-state index in [4.69, 9.17) is 0 Å². The number of hydrogen-bond acceptors (Lipinski definition) is 4. The molecule has 0 spiro atoms. The van der Waals surface area contributed by atoms with Gasteiger partial charge in [-0.15, -0.1) is 0 Å². The van der Waals surface area contributed by atoms with Gasteiger partial charge in [-0.25, -0.2) is 0 Å². The van der Waals surface area contributed by atoms with Gasteiger partial charge in [0, 0.05) is 58.1 Å². The van der Waals surface area contributed by atoms with Crippen molar-refractivity contribution in [1.82, 2.24) is 15.1 Å². The average Bonchev–Trinajstić information content (AvgIpc) is 2.62. The topological polar surface area (TPSA) is 38.8 Å². The number of benzene rings is 1. The summed E-state index contributed by atoms with van der Waals surface area (Å²) in [6.45, 7) is 10.1. The Kier molecular flexibility index (Phi) is 5.97. The molecular formula is C20H32N4O. The van der Waals surface area contributed by atoms with E-state index in [0.29, 0.717) is 0 Å². The van der Waals surface area contributed by atoms with E-state index in [1.54, 1.807) is 19.0 Å². The van der Waals surface area contributed by atoms with Crippen molar-refractivity contribution in [1.29, 1.82) is 0 Å². The zero-order valence-electron chi connectivity index (χ0n) is 15.9. The molecule has 0 saturated carbocycles. The number of nitrogens with one attached hydrogen (secondary N) is 1. The van der Waals surface area contributed by atoms with Gasteiger partial charge in [0.1, 0.15) is 0 Å². The molecular weight excluding hydrogens is 312 g/mol.